The summed E-state index contributed by atoms with van der Waals surface area (Å²) in [4.78, 5) is 8.44. The lowest BCUT2D eigenvalue weighted by Crippen LogP contribution is -2.30. The van der Waals surface area contributed by atoms with Gasteiger partial charge in [-0.3, -0.25) is 0 Å². The standard InChI is InChI=1S/C14H17N3O3S2/c1-10-8-13(16-11(2)15-10)20-12-5-6-17(9-12)22(18,19)14-4-3-7-21-14/h3-4,7-8,12H,5-6,9H2,1-2H3/t12-/m1/s1. The molecule has 0 N–H and O–H groups in total. The second kappa shape index (κ2) is 5.94. The van der Waals surface area contributed by atoms with E-state index >= 15 is 0 Å². The van der Waals surface area contributed by atoms with Crippen LogP contribution in [0.5, 0.6) is 5.88 Å². The number of nitrogens with zero attached hydrogens (tertiary/aromatic N) is 3. The molecule has 1 saturated heterocycles. The van der Waals surface area contributed by atoms with Gasteiger partial charge < -0.3 is 4.74 Å². The van der Waals surface area contributed by atoms with Gasteiger partial charge in [-0.25, -0.2) is 13.4 Å². The van der Waals surface area contributed by atoms with Crippen LogP contribution in [0.3, 0.4) is 0 Å². The Balaban J connectivity index is 1.70. The Hall–Kier alpha value is -1.51. The smallest absolute Gasteiger partial charge is 0.252 e. The Kier molecular flexibility index (Phi) is 4.16. The number of hydrogen-bond acceptors (Lipinski definition) is 6. The molecule has 1 atom stereocenters. The van der Waals surface area contributed by atoms with Gasteiger partial charge in [0.25, 0.3) is 10.0 Å². The van der Waals surface area contributed by atoms with Gasteiger partial charge in [-0.1, -0.05) is 6.07 Å². The fourth-order valence-electron chi connectivity index (χ4n) is 2.46. The van der Waals surface area contributed by atoms with Crippen LogP contribution in [-0.4, -0.2) is 41.9 Å². The van der Waals surface area contributed by atoms with Gasteiger partial charge in [0.2, 0.25) is 5.88 Å². The Bertz CT molecular complexity index is 739. The fraction of sp³-hybridized carbons (Fsp3) is 0.429. The number of thiophene rings is 1. The van der Waals surface area contributed by atoms with Crippen molar-refractivity contribution < 1.29 is 13.2 Å². The van der Waals surface area contributed by atoms with E-state index < -0.39 is 10.0 Å². The van der Waals surface area contributed by atoms with Crippen LogP contribution in [0.2, 0.25) is 0 Å². The zero-order chi connectivity index (χ0) is 15.7. The van der Waals surface area contributed by atoms with Crippen LogP contribution >= 0.6 is 11.3 Å². The summed E-state index contributed by atoms with van der Waals surface area (Å²) in [6.07, 6.45) is 0.482. The third kappa shape index (κ3) is 3.13. The van der Waals surface area contributed by atoms with Gasteiger partial charge in [0.1, 0.15) is 16.1 Å². The highest BCUT2D eigenvalue weighted by atomic mass is 32.2. The molecule has 0 radical (unpaired) electrons. The molecule has 2 aromatic rings. The molecular weight excluding hydrogens is 322 g/mol. The highest BCUT2D eigenvalue weighted by Gasteiger charge is 2.34. The van der Waals surface area contributed by atoms with Gasteiger partial charge >= 0.3 is 0 Å². The van der Waals surface area contributed by atoms with Crippen LogP contribution in [0.1, 0.15) is 17.9 Å². The van der Waals surface area contributed by atoms with E-state index in [0.717, 1.165) is 5.69 Å². The molecule has 6 nitrogen and oxygen atoms in total. The average molecular weight is 339 g/mol. The second-order valence-corrected chi connectivity index (χ2v) is 8.33. The van der Waals surface area contributed by atoms with E-state index in [1.54, 1.807) is 23.6 Å². The first-order valence-corrected chi connectivity index (χ1v) is 9.30. The maximum atomic E-state index is 12.5. The molecule has 0 bridgehead atoms. The molecule has 0 aromatic carbocycles. The summed E-state index contributed by atoms with van der Waals surface area (Å²) in [7, 11) is -3.40. The maximum Gasteiger partial charge on any atom is 0.252 e. The highest BCUT2D eigenvalue weighted by Crippen LogP contribution is 2.26. The number of rotatable bonds is 4. The molecule has 0 saturated carbocycles. The minimum absolute atomic E-state index is 0.177. The molecule has 2 aromatic heterocycles. The van der Waals surface area contributed by atoms with Crippen molar-refractivity contribution in [3.05, 3.63) is 35.1 Å². The Morgan fingerprint density at radius 3 is 2.86 bits per heavy atom. The van der Waals surface area contributed by atoms with Crippen molar-refractivity contribution in [3.8, 4) is 5.88 Å². The largest absolute Gasteiger partial charge is 0.473 e. The molecule has 0 aliphatic carbocycles. The van der Waals surface area contributed by atoms with Crippen molar-refractivity contribution in [3.63, 3.8) is 0 Å². The molecular formula is C14H17N3O3S2. The molecule has 0 spiro atoms. The molecule has 118 valence electrons. The summed E-state index contributed by atoms with van der Waals surface area (Å²) in [5, 5.41) is 1.77. The van der Waals surface area contributed by atoms with E-state index in [2.05, 4.69) is 9.97 Å². The first kappa shape index (κ1) is 15.4. The summed E-state index contributed by atoms with van der Waals surface area (Å²) in [5.41, 5.74) is 0.837. The van der Waals surface area contributed by atoms with Gasteiger partial charge in [-0.15, -0.1) is 11.3 Å². The summed E-state index contributed by atoms with van der Waals surface area (Å²) < 4.78 is 32.6. The van der Waals surface area contributed by atoms with Crippen molar-refractivity contribution in [2.45, 2.75) is 30.6 Å². The lowest BCUT2D eigenvalue weighted by Gasteiger charge is -2.16. The molecule has 3 heterocycles. The van der Waals surface area contributed by atoms with Gasteiger partial charge in [0.05, 0.1) is 6.54 Å². The average Bonchev–Trinajstić information content (AvgIpc) is 3.08. The third-order valence-corrected chi connectivity index (χ3v) is 6.67. The lowest BCUT2D eigenvalue weighted by atomic mass is 10.3. The van der Waals surface area contributed by atoms with Gasteiger partial charge in [-0.2, -0.15) is 9.29 Å². The van der Waals surface area contributed by atoms with Crippen LogP contribution in [-0.2, 0) is 10.0 Å². The zero-order valence-electron chi connectivity index (χ0n) is 12.4. The Morgan fingerprint density at radius 1 is 1.36 bits per heavy atom. The van der Waals surface area contributed by atoms with Crippen molar-refractivity contribution >= 4 is 21.4 Å². The Labute approximate surface area is 133 Å². The molecule has 3 rings (SSSR count). The van der Waals surface area contributed by atoms with Gasteiger partial charge in [0.15, 0.2) is 0 Å². The van der Waals surface area contributed by atoms with E-state index in [9.17, 15) is 8.42 Å². The topological polar surface area (TPSA) is 72.4 Å². The molecule has 1 aliphatic rings. The SMILES string of the molecule is Cc1cc(O[C@@H]2CCN(S(=O)(=O)c3cccs3)C2)nc(C)n1. The summed E-state index contributed by atoms with van der Waals surface area (Å²) in [6, 6.07) is 5.14. The monoisotopic (exact) mass is 339 g/mol. The summed E-state index contributed by atoms with van der Waals surface area (Å²) >= 11 is 1.23. The minimum Gasteiger partial charge on any atom is -0.473 e. The molecule has 22 heavy (non-hydrogen) atoms. The summed E-state index contributed by atoms with van der Waals surface area (Å²) in [6.45, 7) is 4.50. The van der Waals surface area contributed by atoms with E-state index in [4.69, 9.17) is 4.74 Å². The van der Waals surface area contributed by atoms with Crippen molar-refractivity contribution in [1.82, 2.24) is 14.3 Å². The van der Waals surface area contributed by atoms with E-state index in [1.807, 2.05) is 13.8 Å². The minimum atomic E-state index is -3.40. The van der Waals surface area contributed by atoms with Crippen LogP contribution < -0.4 is 4.74 Å². The zero-order valence-corrected chi connectivity index (χ0v) is 14.0. The first-order chi connectivity index (χ1) is 10.4. The highest BCUT2D eigenvalue weighted by molar-refractivity contribution is 7.91. The predicted molar refractivity (Wildman–Crippen MR) is 83.6 cm³/mol. The molecule has 1 aliphatic heterocycles. The van der Waals surface area contributed by atoms with E-state index in [0.29, 0.717) is 35.4 Å². The lowest BCUT2D eigenvalue weighted by molar-refractivity contribution is 0.206. The predicted octanol–water partition coefficient (Wildman–Crippen LogP) is 2.00. The number of ether oxygens (including phenoxy) is 1. The second-order valence-electron chi connectivity index (χ2n) is 5.22. The number of aryl methyl sites for hydroxylation is 2. The number of aromatic nitrogens is 2. The van der Waals surface area contributed by atoms with Crippen molar-refractivity contribution in [2.75, 3.05) is 13.1 Å². The molecule has 0 unspecified atom stereocenters. The quantitative estimate of drug-likeness (QED) is 0.852. The van der Waals surface area contributed by atoms with Crippen molar-refractivity contribution in [1.29, 1.82) is 0 Å². The van der Waals surface area contributed by atoms with Gasteiger partial charge in [0, 0.05) is 18.3 Å². The van der Waals surface area contributed by atoms with Crippen LogP contribution in [0.25, 0.3) is 0 Å². The third-order valence-electron chi connectivity index (χ3n) is 3.43. The fourth-order valence-corrected chi connectivity index (χ4v) is 5.09. The maximum absolute atomic E-state index is 12.5. The first-order valence-electron chi connectivity index (χ1n) is 6.98. The number of hydrogen-bond donors (Lipinski definition) is 0. The molecule has 0 amide bonds. The number of sulfonamides is 1. The van der Waals surface area contributed by atoms with E-state index in [-0.39, 0.29) is 6.10 Å². The van der Waals surface area contributed by atoms with Crippen LogP contribution in [0.15, 0.2) is 27.8 Å². The van der Waals surface area contributed by atoms with Crippen LogP contribution in [0, 0.1) is 13.8 Å². The van der Waals surface area contributed by atoms with Gasteiger partial charge in [-0.05, 0) is 31.7 Å². The van der Waals surface area contributed by atoms with E-state index in [1.165, 1.54) is 15.6 Å². The molecule has 8 heteroatoms. The van der Waals surface area contributed by atoms with Crippen molar-refractivity contribution in [2.24, 2.45) is 0 Å². The Morgan fingerprint density at radius 2 is 2.18 bits per heavy atom. The normalized spacial score (nSPS) is 19.5. The summed E-state index contributed by atoms with van der Waals surface area (Å²) in [5.74, 6) is 1.15. The molecule has 1 fully saturated rings. The van der Waals surface area contributed by atoms with Crippen LogP contribution in [0.4, 0.5) is 0 Å².